The minimum Gasteiger partial charge on any atom is -0.321 e. The Hall–Kier alpha value is -4.36. The van der Waals surface area contributed by atoms with E-state index in [-0.39, 0.29) is 5.54 Å². The van der Waals surface area contributed by atoms with Crippen molar-refractivity contribution in [3.05, 3.63) is 90.3 Å². The standard InChI is InChI=1S/C29H25N7/c1-18-23(17-31-33-18)28-35-34-26-13-12-24-25(36(26)28)16-22(19-6-3-2-4-7-19)27(32-24)20-8-10-21(11-9-20)29(30)14-5-15-29/h2-4,6-13,16-17H,5,14-15,30H2,1H3,(H,31,33). The van der Waals surface area contributed by atoms with E-state index in [0.717, 1.165) is 69.0 Å². The Bertz CT molecular complexity index is 1730. The van der Waals surface area contributed by atoms with E-state index in [9.17, 15) is 0 Å². The van der Waals surface area contributed by atoms with Crippen molar-refractivity contribution in [1.29, 1.82) is 0 Å². The number of fused-ring (bicyclic) bond motifs is 3. The fourth-order valence-corrected chi connectivity index (χ4v) is 5.24. The Kier molecular flexibility index (Phi) is 4.56. The number of H-pyrrole nitrogens is 1. The van der Waals surface area contributed by atoms with Crippen LogP contribution in [-0.2, 0) is 5.54 Å². The van der Waals surface area contributed by atoms with E-state index >= 15 is 0 Å². The first kappa shape index (κ1) is 21.0. The highest BCUT2D eigenvalue weighted by Gasteiger charge is 2.34. The van der Waals surface area contributed by atoms with Crippen molar-refractivity contribution >= 4 is 16.7 Å². The van der Waals surface area contributed by atoms with Crippen LogP contribution in [0.15, 0.2) is 79.0 Å². The molecule has 4 aromatic heterocycles. The van der Waals surface area contributed by atoms with Crippen LogP contribution in [0.5, 0.6) is 0 Å². The number of aryl methyl sites for hydroxylation is 1. The molecule has 0 spiro atoms. The number of nitrogens with one attached hydrogen (secondary N) is 1. The Morgan fingerprint density at radius 2 is 1.69 bits per heavy atom. The Labute approximate surface area is 208 Å². The summed E-state index contributed by atoms with van der Waals surface area (Å²) in [6, 6.07) is 25.2. The molecule has 0 amide bonds. The van der Waals surface area contributed by atoms with Gasteiger partial charge in [0.1, 0.15) is 0 Å². The third kappa shape index (κ3) is 3.17. The number of aromatic amines is 1. The number of rotatable bonds is 4. The van der Waals surface area contributed by atoms with Gasteiger partial charge in [-0.15, -0.1) is 10.2 Å². The summed E-state index contributed by atoms with van der Waals surface area (Å²) >= 11 is 0. The molecule has 0 radical (unpaired) electrons. The molecule has 1 fully saturated rings. The van der Waals surface area contributed by atoms with Crippen LogP contribution < -0.4 is 5.73 Å². The third-order valence-electron chi connectivity index (χ3n) is 7.49. The highest BCUT2D eigenvalue weighted by molar-refractivity contribution is 5.92. The van der Waals surface area contributed by atoms with Crippen molar-refractivity contribution in [3.8, 4) is 33.8 Å². The van der Waals surface area contributed by atoms with Crippen LogP contribution in [0.2, 0.25) is 0 Å². The summed E-state index contributed by atoms with van der Waals surface area (Å²) in [4.78, 5) is 5.19. The molecule has 1 aliphatic rings. The predicted molar refractivity (Wildman–Crippen MR) is 141 cm³/mol. The van der Waals surface area contributed by atoms with E-state index < -0.39 is 0 Å². The minimum atomic E-state index is -0.181. The van der Waals surface area contributed by atoms with Gasteiger partial charge in [-0.25, -0.2) is 4.98 Å². The predicted octanol–water partition coefficient (Wildman–Crippen LogP) is 5.65. The van der Waals surface area contributed by atoms with Gasteiger partial charge in [-0.1, -0.05) is 54.6 Å². The molecular weight excluding hydrogens is 446 g/mol. The zero-order chi connectivity index (χ0) is 24.3. The molecule has 1 saturated carbocycles. The maximum Gasteiger partial charge on any atom is 0.172 e. The number of nitrogens with two attached hydrogens (primary N) is 1. The summed E-state index contributed by atoms with van der Waals surface area (Å²) < 4.78 is 2.06. The van der Waals surface area contributed by atoms with Crippen LogP contribution in [0.4, 0.5) is 0 Å². The molecule has 4 heterocycles. The quantitative estimate of drug-likeness (QED) is 0.346. The summed E-state index contributed by atoms with van der Waals surface area (Å²) in [5.41, 5.74) is 16.1. The molecule has 0 bridgehead atoms. The van der Waals surface area contributed by atoms with Crippen LogP contribution >= 0.6 is 0 Å². The molecule has 3 N–H and O–H groups in total. The van der Waals surface area contributed by atoms with Gasteiger partial charge in [-0.3, -0.25) is 9.50 Å². The molecule has 6 aromatic rings. The molecule has 7 rings (SSSR count). The van der Waals surface area contributed by atoms with Gasteiger partial charge in [-0.05, 0) is 55.5 Å². The second-order valence-electron chi connectivity index (χ2n) is 9.68. The first-order chi connectivity index (χ1) is 17.6. The fourth-order valence-electron chi connectivity index (χ4n) is 5.24. The van der Waals surface area contributed by atoms with E-state index in [4.69, 9.17) is 10.7 Å². The maximum absolute atomic E-state index is 6.58. The van der Waals surface area contributed by atoms with Gasteiger partial charge in [-0.2, -0.15) is 5.10 Å². The van der Waals surface area contributed by atoms with E-state index in [0.29, 0.717) is 0 Å². The number of hydrogen-bond donors (Lipinski definition) is 2. The van der Waals surface area contributed by atoms with Crippen molar-refractivity contribution in [2.45, 2.75) is 31.7 Å². The highest BCUT2D eigenvalue weighted by Crippen LogP contribution is 2.40. The lowest BCUT2D eigenvalue weighted by atomic mass is 9.72. The minimum absolute atomic E-state index is 0.181. The third-order valence-corrected chi connectivity index (χ3v) is 7.49. The molecule has 2 aromatic carbocycles. The number of nitrogens with zero attached hydrogens (tertiary/aromatic N) is 5. The summed E-state index contributed by atoms with van der Waals surface area (Å²) in [6.45, 7) is 1.96. The molecular formula is C29H25N7. The second kappa shape index (κ2) is 7.83. The zero-order valence-corrected chi connectivity index (χ0v) is 19.9. The van der Waals surface area contributed by atoms with E-state index in [1.54, 1.807) is 0 Å². The highest BCUT2D eigenvalue weighted by atomic mass is 15.3. The van der Waals surface area contributed by atoms with Crippen LogP contribution in [0, 0.1) is 6.92 Å². The first-order valence-electron chi connectivity index (χ1n) is 12.3. The average molecular weight is 472 g/mol. The Morgan fingerprint density at radius 3 is 2.39 bits per heavy atom. The lowest BCUT2D eigenvalue weighted by molar-refractivity contribution is 0.253. The van der Waals surface area contributed by atoms with E-state index in [1.807, 2.05) is 31.3 Å². The lowest BCUT2D eigenvalue weighted by Gasteiger charge is -2.38. The summed E-state index contributed by atoms with van der Waals surface area (Å²) in [6.07, 6.45) is 5.14. The molecule has 0 atom stereocenters. The van der Waals surface area contributed by atoms with Gasteiger partial charge in [0.15, 0.2) is 11.5 Å². The zero-order valence-electron chi connectivity index (χ0n) is 19.9. The number of benzene rings is 2. The molecule has 0 unspecified atom stereocenters. The summed E-state index contributed by atoms with van der Waals surface area (Å²) in [5, 5.41) is 16.1. The largest absolute Gasteiger partial charge is 0.321 e. The fraction of sp³-hybridized carbons (Fsp3) is 0.172. The van der Waals surface area contributed by atoms with Crippen molar-refractivity contribution in [2.24, 2.45) is 5.73 Å². The van der Waals surface area contributed by atoms with Crippen LogP contribution in [-0.4, -0.2) is 29.8 Å². The van der Waals surface area contributed by atoms with Crippen molar-refractivity contribution in [3.63, 3.8) is 0 Å². The molecule has 36 heavy (non-hydrogen) atoms. The second-order valence-corrected chi connectivity index (χ2v) is 9.68. The molecule has 7 heteroatoms. The van der Waals surface area contributed by atoms with Crippen LogP contribution in [0.3, 0.4) is 0 Å². The molecule has 0 aliphatic heterocycles. The van der Waals surface area contributed by atoms with Gasteiger partial charge in [0.05, 0.1) is 28.0 Å². The van der Waals surface area contributed by atoms with Gasteiger partial charge >= 0.3 is 0 Å². The Balaban J connectivity index is 1.47. The van der Waals surface area contributed by atoms with Gasteiger partial charge in [0.2, 0.25) is 0 Å². The average Bonchev–Trinajstić information content (AvgIpc) is 3.53. The van der Waals surface area contributed by atoms with Crippen molar-refractivity contribution < 1.29 is 0 Å². The Morgan fingerprint density at radius 1 is 0.889 bits per heavy atom. The van der Waals surface area contributed by atoms with Crippen LogP contribution in [0.1, 0.15) is 30.5 Å². The number of aromatic nitrogens is 6. The SMILES string of the molecule is Cc1n[nH]cc1-c1nnc2ccc3nc(-c4ccc(C5(N)CCC5)cc4)c(-c4ccccc4)cc3n12. The first-order valence-corrected chi connectivity index (χ1v) is 12.3. The maximum atomic E-state index is 6.58. The molecule has 1 aliphatic carbocycles. The molecule has 176 valence electrons. The summed E-state index contributed by atoms with van der Waals surface area (Å²) in [7, 11) is 0. The topological polar surface area (TPSA) is 97.8 Å². The normalized spacial score (nSPS) is 14.8. The smallest absolute Gasteiger partial charge is 0.172 e. The number of pyridine rings is 2. The van der Waals surface area contributed by atoms with Crippen molar-refractivity contribution in [1.82, 2.24) is 29.8 Å². The van der Waals surface area contributed by atoms with E-state index in [2.05, 4.69) is 79.4 Å². The molecule has 7 nitrogen and oxygen atoms in total. The van der Waals surface area contributed by atoms with Gasteiger partial charge < -0.3 is 5.73 Å². The summed E-state index contributed by atoms with van der Waals surface area (Å²) in [5.74, 6) is 0.744. The molecule has 0 saturated heterocycles. The van der Waals surface area contributed by atoms with Crippen molar-refractivity contribution in [2.75, 3.05) is 0 Å². The monoisotopic (exact) mass is 471 g/mol. The lowest BCUT2D eigenvalue weighted by Crippen LogP contribution is -2.43. The van der Waals surface area contributed by atoms with Gasteiger partial charge in [0, 0.05) is 22.9 Å². The van der Waals surface area contributed by atoms with Crippen LogP contribution in [0.25, 0.3) is 50.5 Å². The van der Waals surface area contributed by atoms with Gasteiger partial charge in [0.25, 0.3) is 0 Å². The number of hydrogen-bond acceptors (Lipinski definition) is 5. The van der Waals surface area contributed by atoms with E-state index in [1.165, 1.54) is 12.0 Å².